The van der Waals surface area contributed by atoms with Crippen molar-refractivity contribution in [3.8, 4) is 0 Å². The zero-order valence-corrected chi connectivity index (χ0v) is 14.3. The normalized spacial score (nSPS) is 11.7. The molecule has 0 radical (unpaired) electrons. The van der Waals surface area contributed by atoms with Gasteiger partial charge < -0.3 is 10.6 Å². The SMILES string of the molecule is CN(CC(C)(C)CN)C(=O)CCn1[nH]c(=O)c2ccccc2c1=O. The van der Waals surface area contributed by atoms with Gasteiger partial charge in [0.05, 0.1) is 17.3 Å². The molecule has 1 aromatic heterocycles. The molecule has 0 aliphatic carbocycles. The molecule has 0 fully saturated rings. The van der Waals surface area contributed by atoms with Crippen molar-refractivity contribution in [3.63, 3.8) is 0 Å². The van der Waals surface area contributed by atoms with Crippen LogP contribution in [0.1, 0.15) is 20.3 Å². The maximum absolute atomic E-state index is 12.4. The van der Waals surface area contributed by atoms with Crippen LogP contribution in [0.2, 0.25) is 0 Å². The van der Waals surface area contributed by atoms with E-state index in [0.717, 1.165) is 0 Å². The van der Waals surface area contributed by atoms with E-state index in [4.69, 9.17) is 5.73 Å². The first-order chi connectivity index (χ1) is 11.2. The van der Waals surface area contributed by atoms with Crippen LogP contribution in [0.25, 0.3) is 10.8 Å². The lowest BCUT2D eigenvalue weighted by molar-refractivity contribution is -0.131. The predicted octanol–water partition coefficient (Wildman–Crippen LogP) is 0.523. The zero-order valence-electron chi connectivity index (χ0n) is 14.3. The molecule has 24 heavy (non-hydrogen) atoms. The van der Waals surface area contributed by atoms with Crippen molar-refractivity contribution in [2.45, 2.75) is 26.8 Å². The van der Waals surface area contributed by atoms with Gasteiger partial charge >= 0.3 is 0 Å². The molecule has 0 atom stereocenters. The quantitative estimate of drug-likeness (QED) is 0.805. The van der Waals surface area contributed by atoms with E-state index in [1.54, 1.807) is 36.2 Å². The highest BCUT2D eigenvalue weighted by molar-refractivity contribution is 5.80. The Morgan fingerprint density at radius 3 is 2.50 bits per heavy atom. The monoisotopic (exact) mass is 332 g/mol. The number of hydrogen-bond donors (Lipinski definition) is 2. The Morgan fingerprint density at radius 1 is 1.25 bits per heavy atom. The fraction of sp³-hybridized carbons (Fsp3) is 0.471. The summed E-state index contributed by atoms with van der Waals surface area (Å²) in [6, 6.07) is 6.63. The first-order valence-electron chi connectivity index (χ1n) is 7.91. The minimum absolute atomic E-state index is 0.0996. The van der Waals surface area contributed by atoms with E-state index >= 15 is 0 Å². The van der Waals surface area contributed by atoms with Crippen LogP contribution in [0.4, 0.5) is 0 Å². The van der Waals surface area contributed by atoms with Crippen molar-refractivity contribution in [1.29, 1.82) is 0 Å². The van der Waals surface area contributed by atoms with Gasteiger partial charge in [0, 0.05) is 20.0 Å². The number of carbonyl (C=O) groups excluding carboxylic acids is 1. The number of nitrogens with zero attached hydrogens (tertiary/aromatic N) is 2. The van der Waals surface area contributed by atoms with Gasteiger partial charge in [0.15, 0.2) is 0 Å². The van der Waals surface area contributed by atoms with Gasteiger partial charge in [0.2, 0.25) is 5.91 Å². The van der Waals surface area contributed by atoms with Gasteiger partial charge in [-0.15, -0.1) is 0 Å². The number of aromatic amines is 1. The fourth-order valence-corrected chi connectivity index (χ4v) is 2.60. The van der Waals surface area contributed by atoms with Gasteiger partial charge in [-0.25, -0.2) is 4.68 Å². The Labute approximate surface area is 140 Å². The Bertz CT molecular complexity index is 851. The molecule has 7 heteroatoms. The van der Waals surface area contributed by atoms with Crippen LogP contribution >= 0.6 is 0 Å². The molecule has 3 N–H and O–H groups in total. The lowest BCUT2D eigenvalue weighted by Gasteiger charge is -2.29. The summed E-state index contributed by atoms with van der Waals surface area (Å²) in [4.78, 5) is 38.3. The molecule has 7 nitrogen and oxygen atoms in total. The Hall–Kier alpha value is -2.41. The van der Waals surface area contributed by atoms with Crippen molar-refractivity contribution in [1.82, 2.24) is 14.7 Å². The molecule has 1 aromatic carbocycles. The molecule has 0 saturated carbocycles. The molecule has 0 spiro atoms. The standard InChI is InChI=1S/C17H24N4O3/c1-17(2,10-18)11-20(3)14(22)8-9-21-16(24)13-7-5-4-6-12(13)15(23)19-21/h4-7H,8-11,18H2,1-3H3,(H,19,23). The van der Waals surface area contributed by atoms with E-state index in [1.165, 1.54) is 4.68 Å². The maximum atomic E-state index is 12.4. The third-order valence-electron chi connectivity index (χ3n) is 4.08. The molecule has 130 valence electrons. The Kier molecular flexibility index (Phi) is 5.23. The topological polar surface area (TPSA) is 101 Å². The zero-order chi connectivity index (χ0) is 17.9. The molecule has 2 rings (SSSR count). The van der Waals surface area contributed by atoms with Gasteiger partial charge in [-0.05, 0) is 24.1 Å². The van der Waals surface area contributed by atoms with Crippen molar-refractivity contribution >= 4 is 16.7 Å². The van der Waals surface area contributed by atoms with Crippen LogP contribution in [0, 0.1) is 5.41 Å². The summed E-state index contributed by atoms with van der Waals surface area (Å²) < 4.78 is 1.20. The third-order valence-corrected chi connectivity index (χ3v) is 4.08. The molecule has 0 aliphatic rings. The number of benzene rings is 1. The predicted molar refractivity (Wildman–Crippen MR) is 93.9 cm³/mol. The van der Waals surface area contributed by atoms with Crippen molar-refractivity contribution < 1.29 is 4.79 Å². The van der Waals surface area contributed by atoms with Crippen LogP contribution < -0.4 is 16.9 Å². The number of nitrogens with one attached hydrogen (secondary N) is 1. The second-order valence-electron chi connectivity index (χ2n) is 6.81. The molecule has 0 aliphatic heterocycles. The largest absolute Gasteiger partial charge is 0.345 e. The average Bonchev–Trinajstić information content (AvgIpc) is 2.56. The highest BCUT2D eigenvalue weighted by Crippen LogP contribution is 2.14. The van der Waals surface area contributed by atoms with Crippen LogP contribution in [-0.4, -0.2) is 40.7 Å². The van der Waals surface area contributed by atoms with Crippen LogP contribution in [0.3, 0.4) is 0 Å². The molecule has 2 aromatic rings. The van der Waals surface area contributed by atoms with Crippen molar-refractivity contribution in [3.05, 3.63) is 45.0 Å². The molecule has 0 bridgehead atoms. The maximum Gasteiger partial charge on any atom is 0.273 e. The number of rotatable bonds is 6. The van der Waals surface area contributed by atoms with E-state index in [9.17, 15) is 14.4 Å². The summed E-state index contributed by atoms with van der Waals surface area (Å²) in [5.74, 6) is -0.0996. The van der Waals surface area contributed by atoms with Gasteiger partial charge in [-0.2, -0.15) is 0 Å². The molecule has 1 amide bonds. The number of nitrogens with two attached hydrogens (primary N) is 1. The third kappa shape index (κ3) is 3.91. The summed E-state index contributed by atoms with van der Waals surface area (Å²) in [6.07, 6.45) is 0.130. The highest BCUT2D eigenvalue weighted by atomic mass is 16.2. The molecular weight excluding hydrogens is 308 g/mol. The second kappa shape index (κ2) is 7.00. The van der Waals surface area contributed by atoms with Gasteiger partial charge in [-0.3, -0.25) is 19.5 Å². The van der Waals surface area contributed by atoms with E-state index in [-0.39, 0.29) is 35.4 Å². The molecule has 0 unspecified atom stereocenters. The van der Waals surface area contributed by atoms with E-state index in [1.807, 2.05) is 13.8 Å². The number of amides is 1. The first-order valence-corrected chi connectivity index (χ1v) is 7.91. The smallest absolute Gasteiger partial charge is 0.273 e. The number of fused-ring (bicyclic) bond motifs is 1. The second-order valence-corrected chi connectivity index (χ2v) is 6.81. The summed E-state index contributed by atoms with van der Waals surface area (Å²) in [6.45, 7) is 5.11. The Morgan fingerprint density at radius 2 is 1.88 bits per heavy atom. The lowest BCUT2D eigenvalue weighted by atomic mass is 9.93. The number of H-pyrrole nitrogens is 1. The van der Waals surface area contributed by atoms with Crippen LogP contribution in [-0.2, 0) is 11.3 Å². The Balaban J connectivity index is 2.14. The minimum atomic E-state index is -0.338. The van der Waals surface area contributed by atoms with Crippen LogP contribution in [0.5, 0.6) is 0 Å². The van der Waals surface area contributed by atoms with E-state index in [0.29, 0.717) is 23.9 Å². The van der Waals surface area contributed by atoms with Gasteiger partial charge in [-0.1, -0.05) is 26.0 Å². The summed E-state index contributed by atoms with van der Waals surface area (Å²) in [5.41, 5.74) is 4.88. The fourth-order valence-electron chi connectivity index (χ4n) is 2.60. The van der Waals surface area contributed by atoms with Crippen molar-refractivity contribution in [2.75, 3.05) is 20.1 Å². The highest BCUT2D eigenvalue weighted by Gasteiger charge is 2.21. The molecule has 0 saturated heterocycles. The molecular formula is C17H24N4O3. The summed E-state index contributed by atoms with van der Waals surface area (Å²) in [5, 5.41) is 3.24. The number of aromatic nitrogens is 2. The summed E-state index contributed by atoms with van der Waals surface area (Å²) >= 11 is 0. The summed E-state index contributed by atoms with van der Waals surface area (Å²) in [7, 11) is 1.71. The number of carbonyl (C=O) groups is 1. The minimum Gasteiger partial charge on any atom is -0.345 e. The lowest BCUT2D eigenvalue weighted by Crippen LogP contribution is -2.40. The van der Waals surface area contributed by atoms with E-state index in [2.05, 4.69) is 5.10 Å². The number of hydrogen-bond acceptors (Lipinski definition) is 4. The first kappa shape index (κ1) is 17.9. The number of aryl methyl sites for hydroxylation is 1. The molecule has 1 heterocycles. The van der Waals surface area contributed by atoms with Gasteiger partial charge in [0.1, 0.15) is 0 Å². The van der Waals surface area contributed by atoms with Crippen molar-refractivity contribution in [2.24, 2.45) is 11.1 Å². The van der Waals surface area contributed by atoms with Gasteiger partial charge in [0.25, 0.3) is 11.1 Å². The van der Waals surface area contributed by atoms with E-state index < -0.39 is 0 Å². The van der Waals surface area contributed by atoms with Crippen LogP contribution in [0.15, 0.2) is 33.9 Å². The average molecular weight is 332 g/mol.